The van der Waals surface area contributed by atoms with Crippen LogP contribution in [0.2, 0.25) is 0 Å². The predicted octanol–water partition coefficient (Wildman–Crippen LogP) is 2.77. The molecule has 2 aromatic carbocycles. The van der Waals surface area contributed by atoms with E-state index in [1.165, 1.54) is 13.0 Å². The standard InChI is InChI=1S/C19H21NO4/c1-13(21)24-17-6-4-5-15(11-17)18(22)20-12-14-7-9-16(10-8-14)19(2,3)23/h4-11,23H,12H2,1-3H3,(H,20,22). The highest BCUT2D eigenvalue weighted by molar-refractivity contribution is 5.94. The van der Waals surface area contributed by atoms with Gasteiger partial charge in [-0.25, -0.2) is 0 Å². The molecule has 0 unspecified atom stereocenters. The van der Waals surface area contributed by atoms with Crippen LogP contribution in [0.4, 0.5) is 0 Å². The second-order valence-corrected chi connectivity index (χ2v) is 6.06. The molecule has 0 radical (unpaired) electrons. The molecule has 0 spiro atoms. The number of hydrogen-bond donors (Lipinski definition) is 2. The van der Waals surface area contributed by atoms with Gasteiger partial charge in [-0.2, -0.15) is 0 Å². The van der Waals surface area contributed by atoms with E-state index in [1.807, 2.05) is 24.3 Å². The third-order valence-electron chi connectivity index (χ3n) is 3.47. The minimum atomic E-state index is -0.890. The number of carbonyl (C=O) groups is 2. The van der Waals surface area contributed by atoms with Crippen LogP contribution in [0.15, 0.2) is 48.5 Å². The summed E-state index contributed by atoms with van der Waals surface area (Å²) < 4.78 is 4.97. The van der Waals surface area contributed by atoms with Gasteiger partial charge in [-0.15, -0.1) is 0 Å². The molecule has 0 fully saturated rings. The highest BCUT2D eigenvalue weighted by Gasteiger charge is 2.15. The summed E-state index contributed by atoms with van der Waals surface area (Å²) in [5, 5.41) is 12.7. The fourth-order valence-corrected chi connectivity index (χ4v) is 2.18. The second-order valence-electron chi connectivity index (χ2n) is 6.06. The lowest BCUT2D eigenvalue weighted by atomic mass is 9.97. The monoisotopic (exact) mass is 327 g/mol. The van der Waals surface area contributed by atoms with Gasteiger partial charge < -0.3 is 15.2 Å². The van der Waals surface area contributed by atoms with E-state index >= 15 is 0 Å². The van der Waals surface area contributed by atoms with Crippen molar-refractivity contribution in [3.8, 4) is 5.75 Å². The summed E-state index contributed by atoms with van der Waals surface area (Å²) in [5.74, 6) is -0.347. The fourth-order valence-electron chi connectivity index (χ4n) is 2.18. The number of hydrogen-bond acceptors (Lipinski definition) is 4. The summed E-state index contributed by atoms with van der Waals surface area (Å²) in [7, 11) is 0. The van der Waals surface area contributed by atoms with E-state index in [-0.39, 0.29) is 5.91 Å². The highest BCUT2D eigenvalue weighted by atomic mass is 16.5. The van der Waals surface area contributed by atoms with E-state index in [4.69, 9.17) is 4.74 Å². The molecule has 0 heterocycles. The van der Waals surface area contributed by atoms with Crippen LogP contribution >= 0.6 is 0 Å². The average molecular weight is 327 g/mol. The van der Waals surface area contributed by atoms with Crippen molar-refractivity contribution in [1.29, 1.82) is 0 Å². The molecule has 0 bridgehead atoms. The van der Waals surface area contributed by atoms with Gasteiger partial charge in [-0.1, -0.05) is 30.3 Å². The Hall–Kier alpha value is -2.66. The Morgan fingerprint density at radius 2 is 1.79 bits per heavy atom. The molecule has 24 heavy (non-hydrogen) atoms. The Kier molecular flexibility index (Phi) is 5.36. The predicted molar refractivity (Wildman–Crippen MR) is 90.6 cm³/mol. The van der Waals surface area contributed by atoms with Gasteiger partial charge in [-0.3, -0.25) is 9.59 Å². The van der Waals surface area contributed by atoms with Gasteiger partial charge in [0.05, 0.1) is 5.60 Å². The molecule has 1 amide bonds. The largest absolute Gasteiger partial charge is 0.427 e. The first kappa shape index (κ1) is 17.7. The van der Waals surface area contributed by atoms with Crippen LogP contribution in [0.3, 0.4) is 0 Å². The lowest BCUT2D eigenvalue weighted by Gasteiger charge is -2.18. The Morgan fingerprint density at radius 3 is 2.38 bits per heavy atom. The summed E-state index contributed by atoms with van der Waals surface area (Å²) >= 11 is 0. The van der Waals surface area contributed by atoms with Gasteiger partial charge in [0, 0.05) is 19.0 Å². The van der Waals surface area contributed by atoms with Gasteiger partial charge in [0.25, 0.3) is 5.91 Å². The van der Waals surface area contributed by atoms with Crippen molar-refractivity contribution < 1.29 is 19.4 Å². The SMILES string of the molecule is CC(=O)Oc1cccc(C(=O)NCc2ccc(C(C)(C)O)cc2)c1. The number of carbonyl (C=O) groups excluding carboxylic acids is 2. The summed E-state index contributed by atoms with van der Waals surface area (Å²) in [5.41, 5.74) is 1.26. The molecule has 5 nitrogen and oxygen atoms in total. The van der Waals surface area contributed by atoms with Crippen LogP contribution in [-0.4, -0.2) is 17.0 Å². The average Bonchev–Trinajstić information content (AvgIpc) is 2.52. The highest BCUT2D eigenvalue weighted by Crippen LogP contribution is 2.19. The zero-order chi connectivity index (χ0) is 17.7. The van der Waals surface area contributed by atoms with Gasteiger partial charge in [0.2, 0.25) is 0 Å². The molecular formula is C19H21NO4. The molecule has 0 saturated heterocycles. The lowest BCUT2D eigenvalue weighted by Crippen LogP contribution is -2.23. The molecule has 2 aromatic rings. The van der Waals surface area contributed by atoms with E-state index in [1.54, 1.807) is 32.0 Å². The summed E-state index contributed by atoms with van der Waals surface area (Å²) in [6.07, 6.45) is 0. The maximum Gasteiger partial charge on any atom is 0.308 e. The van der Waals surface area contributed by atoms with Crippen LogP contribution in [0.25, 0.3) is 0 Å². The number of ether oxygens (including phenoxy) is 1. The molecule has 0 aliphatic heterocycles. The molecule has 0 atom stereocenters. The van der Waals surface area contributed by atoms with Crippen molar-refractivity contribution in [2.24, 2.45) is 0 Å². The maximum absolute atomic E-state index is 12.2. The van der Waals surface area contributed by atoms with E-state index in [2.05, 4.69) is 5.32 Å². The zero-order valence-electron chi connectivity index (χ0n) is 14.0. The molecule has 5 heteroatoms. The number of amides is 1. The number of esters is 1. The Balaban J connectivity index is 1.99. The van der Waals surface area contributed by atoms with Gasteiger partial charge in [0.1, 0.15) is 5.75 Å². The molecule has 0 aliphatic rings. The smallest absolute Gasteiger partial charge is 0.308 e. The van der Waals surface area contributed by atoms with Crippen LogP contribution in [0.5, 0.6) is 5.75 Å². The molecule has 126 valence electrons. The van der Waals surface area contributed by atoms with E-state index in [0.29, 0.717) is 17.9 Å². The first-order valence-electron chi connectivity index (χ1n) is 7.64. The molecule has 0 aromatic heterocycles. The first-order valence-corrected chi connectivity index (χ1v) is 7.64. The van der Waals surface area contributed by atoms with Gasteiger partial charge >= 0.3 is 5.97 Å². The van der Waals surface area contributed by atoms with Crippen LogP contribution in [0.1, 0.15) is 42.3 Å². The van der Waals surface area contributed by atoms with E-state index in [9.17, 15) is 14.7 Å². The summed E-state index contributed by atoms with van der Waals surface area (Å²) in [4.78, 5) is 23.2. The Morgan fingerprint density at radius 1 is 1.12 bits per heavy atom. The minimum Gasteiger partial charge on any atom is -0.427 e. The number of nitrogens with one attached hydrogen (secondary N) is 1. The summed E-state index contributed by atoms with van der Waals surface area (Å²) in [6, 6.07) is 13.9. The zero-order valence-corrected chi connectivity index (χ0v) is 14.0. The summed E-state index contributed by atoms with van der Waals surface area (Å²) in [6.45, 7) is 5.12. The lowest BCUT2D eigenvalue weighted by molar-refractivity contribution is -0.131. The molecular weight excluding hydrogens is 306 g/mol. The normalized spacial score (nSPS) is 11.0. The van der Waals surface area contributed by atoms with E-state index in [0.717, 1.165) is 11.1 Å². The third kappa shape index (κ3) is 4.93. The van der Waals surface area contributed by atoms with E-state index < -0.39 is 11.6 Å². The van der Waals surface area contributed by atoms with Crippen molar-refractivity contribution in [3.63, 3.8) is 0 Å². The molecule has 0 aliphatic carbocycles. The molecule has 2 N–H and O–H groups in total. The number of benzene rings is 2. The fraction of sp³-hybridized carbons (Fsp3) is 0.263. The van der Waals surface area contributed by atoms with Crippen molar-refractivity contribution in [1.82, 2.24) is 5.32 Å². The van der Waals surface area contributed by atoms with Crippen molar-refractivity contribution in [3.05, 3.63) is 65.2 Å². The topological polar surface area (TPSA) is 75.6 Å². The third-order valence-corrected chi connectivity index (χ3v) is 3.47. The molecule has 2 rings (SSSR count). The Labute approximate surface area is 141 Å². The first-order chi connectivity index (χ1) is 11.3. The van der Waals surface area contributed by atoms with Crippen molar-refractivity contribution >= 4 is 11.9 Å². The minimum absolute atomic E-state index is 0.254. The number of aliphatic hydroxyl groups is 1. The van der Waals surface area contributed by atoms with Crippen molar-refractivity contribution in [2.75, 3.05) is 0 Å². The quantitative estimate of drug-likeness (QED) is 0.654. The van der Waals surface area contributed by atoms with Crippen LogP contribution in [-0.2, 0) is 16.9 Å². The van der Waals surface area contributed by atoms with Gasteiger partial charge in [-0.05, 0) is 43.2 Å². The Bertz CT molecular complexity index is 730. The van der Waals surface area contributed by atoms with Crippen LogP contribution in [0, 0.1) is 0 Å². The maximum atomic E-state index is 12.2. The molecule has 0 saturated carbocycles. The van der Waals surface area contributed by atoms with Crippen LogP contribution < -0.4 is 10.1 Å². The van der Waals surface area contributed by atoms with Crippen molar-refractivity contribution in [2.45, 2.75) is 32.9 Å². The number of rotatable bonds is 5. The van der Waals surface area contributed by atoms with Gasteiger partial charge in [0.15, 0.2) is 0 Å². The second kappa shape index (κ2) is 7.27.